The fraction of sp³-hybridized carbons (Fsp3) is 0.647. The van der Waals surface area contributed by atoms with E-state index in [1.54, 1.807) is 0 Å². The Morgan fingerprint density at radius 1 is 1.24 bits per heavy atom. The molecule has 0 radical (unpaired) electrons. The zero-order chi connectivity index (χ0) is 15.4. The van der Waals surface area contributed by atoms with Gasteiger partial charge < -0.3 is 5.73 Å². The molecule has 0 saturated heterocycles. The first-order valence-electron chi connectivity index (χ1n) is 7.93. The fourth-order valence-corrected chi connectivity index (χ4v) is 3.94. The molecule has 4 heteroatoms. The molecule has 2 rings (SSSR count). The first-order valence-corrected chi connectivity index (χ1v) is 8.69. The Bertz CT molecular complexity index is 456. The molecular formula is C17H26Cl2N2. The van der Waals surface area contributed by atoms with Gasteiger partial charge in [-0.25, -0.2) is 0 Å². The number of nitrogens with zero attached hydrogens (tertiary/aromatic N) is 1. The maximum Gasteiger partial charge on any atom is 0.0488 e. The van der Waals surface area contributed by atoms with E-state index in [4.69, 9.17) is 28.9 Å². The van der Waals surface area contributed by atoms with E-state index in [-0.39, 0.29) is 6.04 Å². The summed E-state index contributed by atoms with van der Waals surface area (Å²) < 4.78 is 0. The first kappa shape index (κ1) is 17.1. The van der Waals surface area contributed by atoms with Crippen molar-refractivity contribution in [3.63, 3.8) is 0 Å². The molecular weight excluding hydrogens is 303 g/mol. The van der Waals surface area contributed by atoms with Crippen molar-refractivity contribution in [2.24, 2.45) is 11.7 Å². The third-order valence-electron chi connectivity index (χ3n) is 4.31. The summed E-state index contributed by atoms with van der Waals surface area (Å²) in [6, 6.07) is 6.58. The highest BCUT2D eigenvalue weighted by molar-refractivity contribution is 6.35. The Morgan fingerprint density at radius 2 is 1.90 bits per heavy atom. The van der Waals surface area contributed by atoms with Crippen molar-refractivity contribution in [3.8, 4) is 0 Å². The molecule has 1 fully saturated rings. The predicted octanol–water partition coefficient (Wildman–Crippen LogP) is 4.89. The average molecular weight is 329 g/mol. The summed E-state index contributed by atoms with van der Waals surface area (Å²) in [6.07, 6.45) is 5.19. The van der Waals surface area contributed by atoms with Crippen LogP contribution in [0.15, 0.2) is 18.2 Å². The van der Waals surface area contributed by atoms with Crippen molar-refractivity contribution < 1.29 is 0 Å². The van der Waals surface area contributed by atoms with Crippen molar-refractivity contribution in [3.05, 3.63) is 33.8 Å². The van der Waals surface area contributed by atoms with E-state index in [0.29, 0.717) is 23.5 Å². The number of hydrogen-bond acceptors (Lipinski definition) is 2. The van der Waals surface area contributed by atoms with Gasteiger partial charge in [-0.2, -0.15) is 0 Å². The van der Waals surface area contributed by atoms with Crippen molar-refractivity contribution in [1.29, 1.82) is 0 Å². The molecule has 118 valence electrons. The van der Waals surface area contributed by atoms with Gasteiger partial charge in [-0.3, -0.25) is 4.90 Å². The van der Waals surface area contributed by atoms with Crippen LogP contribution in [0.2, 0.25) is 10.0 Å². The molecule has 0 amide bonds. The molecule has 2 nitrogen and oxygen atoms in total. The second kappa shape index (κ2) is 7.82. The molecule has 2 N–H and O–H groups in total. The Morgan fingerprint density at radius 3 is 2.43 bits per heavy atom. The molecule has 1 aromatic carbocycles. The molecule has 1 saturated carbocycles. The Hall–Kier alpha value is -0.280. The molecule has 0 spiro atoms. The molecule has 21 heavy (non-hydrogen) atoms. The highest BCUT2D eigenvalue weighted by Crippen LogP contribution is 2.35. The number of nitrogens with two attached hydrogens (primary N) is 1. The van der Waals surface area contributed by atoms with E-state index in [1.807, 2.05) is 18.2 Å². The lowest BCUT2D eigenvalue weighted by molar-refractivity contribution is 0.121. The zero-order valence-electron chi connectivity index (χ0n) is 13.0. The fourth-order valence-electron chi connectivity index (χ4n) is 3.40. The second-order valence-electron chi connectivity index (χ2n) is 6.45. The Balaban J connectivity index is 2.29. The van der Waals surface area contributed by atoms with Crippen molar-refractivity contribution in [2.45, 2.75) is 51.6 Å². The maximum atomic E-state index is 6.42. The quantitative estimate of drug-likeness (QED) is 0.805. The van der Waals surface area contributed by atoms with Crippen LogP contribution in [0.4, 0.5) is 0 Å². The van der Waals surface area contributed by atoms with Crippen LogP contribution in [-0.2, 0) is 0 Å². The topological polar surface area (TPSA) is 29.3 Å². The zero-order valence-corrected chi connectivity index (χ0v) is 14.5. The van der Waals surface area contributed by atoms with Gasteiger partial charge in [-0.15, -0.1) is 0 Å². The van der Waals surface area contributed by atoms with Crippen LogP contribution >= 0.6 is 23.2 Å². The molecule has 1 aromatic rings. The first-order chi connectivity index (χ1) is 10.0. The van der Waals surface area contributed by atoms with Gasteiger partial charge in [0.25, 0.3) is 0 Å². The standard InChI is InChI=1S/C17H26Cl2N2/c1-12(2)11-21(14-5-3-4-6-14)17(10-20)15-8-7-13(18)9-16(15)19/h7-9,12,14,17H,3-6,10-11,20H2,1-2H3. The van der Waals surface area contributed by atoms with Crippen LogP contribution in [0.5, 0.6) is 0 Å². The molecule has 1 aliphatic carbocycles. The minimum atomic E-state index is 0.181. The summed E-state index contributed by atoms with van der Waals surface area (Å²) in [4.78, 5) is 2.58. The Labute approximate surface area is 138 Å². The minimum absolute atomic E-state index is 0.181. The van der Waals surface area contributed by atoms with Gasteiger partial charge in [0, 0.05) is 35.2 Å². The lowest BCUT2D eigenvalue weighted by atomic mass is 10.0. The maximum absolute atomic E-state index is 6.42. The molecule has 1 atom stereocenters. The van der Waals surface area contributed by atoms with Crippen LogP contribution < -0.4 is 5.73 Å². The van der Waals surface area contributed by atoms with Gasteiger partial charge in [0.1, 0.15) is 0 Å². The number of benzene rings is 1. The predicted molar refractivity (Wildman–Crippen MR) is 92.1 cm³/mol. The third-order valence-corrected chi connectivity index (χ3v) is 4.88. The molecule has 0 bridgehead atoms. The number of hydrogen-bond donors (Lipinski definition) is 1. The molecule has 1 aliphatic rings. The monoisotopic (exact) mass is 328 g/mol. The third kappa shape index (κ3) is 4.35. The molecule has 0 heterocycles. The lowest BCUT2D eigenvalue weighted by Gasteiger charge is -2.38. The lowest BCUT2D eigenvalue weighted by Crippen LogP contribution is -2.42. The largest absolute Gasteiger partial charge is 0.329 e. The van der Waals surface area contributed by atoms with Crippen molar-refractivity contribution in [1.82, 2.24) is 4.90 Å². The second-order valence-corrected chi connectivity index (χ2v) is 7.29. The van der Waals surface area contributed by atoms with Crippen LogP contribution in [-0.4, -0.2) is 24.0 Å². The Kier molecular flexibility index (Phi) is 6.36. The molecule has 0 aromatic heterocycles. The summed E-state index contributed by atoms with van der Waals surface area (Å²) in [5.74, 6) is 0.616. The van der Waals surface area contributed by atoms with E-state index in [1.165, 1.54) is 25.7 Å². The van der Waals surface area contributed by atoms with Crippen LogP contribution in [0.3, 0.4) is 0 Å². The van der Waals surface area contributed by atoms with Crippen molar-refractivity contribution >= 4 is 23.2 Å². The van der Waals surface area contributed by atoms with E-state index in [0.717, 1.165) is 17.1 Å². The van der Waals surface area contributed by atoms with Gasteiger partial charge in [0.2, 0.25) is 0 Å². The van der Waals surface area contributed by atoms with Crippen LogP contribution in [0.25, 0.3) is 0 Å². The highest BCUT2D eigenvalue weighted by atomic mass is 35.5. The van der Waals surface area contributed by atoms with E-state index in [2.05, 4.69) is 18.7 Å². The van der Waals surface area contributed by atoms with Crippen LogP contribution in [0.1, 0.15) is 51.1 Å². The summed E-state index contributed by atoms with van der Waals surface area (Å²) in [7, 11) is 0. The van der Waals surface area contributed by atoms with Gasteiger partial charge >= 0.3 is 0 Å². The summed E-state index contributed by atoms with van der Waals surface area (Å²) in [6.45, 7) is 6.17. The molecule has 1 unspecified atom stereocenters. The van der Waals surface area contributed by atoms with Gasteiger partial charge in [0.05, 0.1) is 0 Å². The summed E-state index contributed by atoms with van der Waals surface area (Å²) in [5.41, 5.74) is 7.23. The molecule has 0 aliphatic heterocycles. The van der Waals surface area contributed by atoms with Crippen LogP contribution in [0, 0.1) is 5.92 Å². The summed E-state index contributed by atoms with van der Waals surface area (Å²) >= 11 is 12.5. The van der Waals surface area contributed by atoms with E-state index >= 15 is 0 Å². The average Bonchev–Trinajstić information content (AvgIpc) is 2.94. The summed E-state index contributed by atoms with van der Waals surface area (Å²) in [5, 5.41) is 1.40. The van der Waals surface area contributed by atoms with Gasteiger partial charge in [-0.05, 0) is 36.5 Å². The van der Waals surface area contributed by atoms with E-state index in [9.17, 15) is 0 Å². The normalized spacial score (nSPS) is 17.9. The van der Waals surface area contributed by atoms with Gasteiger partial charge in [0.15, 0.2) is 0 Å². The van der Waals surface area contributed by atoms with Crippen molar-refractivity contribution in [2.75, 3.05) is 13.1 Å². The SMILES string of the molecule is CC(C)CN(C1CCCC1)C(CN)c1ccc(Cl)cc1Cl. The number of rotatable bonds is 6. The minimum Gasteiger partial charge on any atom is -0.329 e. The smallest absolute Gasteiger partial charge is 0.0488 e. The van der Waals surface area contributed by atoms with E-state index < -0.39 is 0 Å². The van der Waals surface area contributed by atoms with Gasteiger partial charge in [-0.1, -0.05) is 56.0 Å². The number of halogens is 2. The highest BCUT2D eigenvalue weighted by Gasteiger charge is 2.30.